The summed E-state index contributed by atoms with van der Waals surface area (Å²) < 4.78 is 5.62. The standard InChI is InChI=1S/C21H18Cl2N2O2/c1-14(27-20-12-7-15(22)13-19(20)23)21(26)25-18-10-8-17(9-11-18)24-16-5-3-2-4-6-16/h2-14,24H,1H3,(H,25,26). The minimum Gasteiger partial charge on any atom is -0.479 e. The van der Waals surface area contributed by atoms with Crippen molar-refractivity contribution in [1.29, 1.82) is 0 Å². The molecule has 0 saturated carbocycles. The van der Waals surface area contributed by atoms with Gasteiger partial charge in [-0.25, -0.2) is 0 Å². The SMILES string of the molecule is CC(Oc1ccc(Cl)cc1Cl)C(=O)Nc1ccc(Nc2ccccc2)cc1. The smallest absolute Gasteiger partial charge is 0.265 e. The molecule has 3 aromatic rings. The van der Waals surface area contributed by atoms with E-state index in [4.69, 9.17) is 27.9 Å². The molecule has 0 aliphatic heterocycles. The van der Waals surface area contributed by atoms with E-state index in [0.717, 1.165) is 11.4 Å². The highest BCUT2D eigenvalue weighted by molar-refractivity contribution is 6.35. The molecular weight excluding hydrogens is 383 g/mol. The van der Waals surface area contributed by atoms with E-state index in [2.05, 4.69) is 10.6 Å². The van der Waals surface area contributed by atoms with E-state index >= 15 is 0 Å². The zero-order valence-corrected chi connectivity index (χ0v) is 16.1. The Balaban J connectivity index is 1.58. The number of amides is 1. The van der Waals surface area contributed by atoms with Crippen molar-refractivity contribution >= 4 is 46.2 Å². The van der Waals surface area contributed by atoms with Gasteiger partial charge in [0.05, 0.1) is 5.02 Å². The Morgan fingerprint density at radius 1 is 0.889 bits per heavy atom. The first kappa shape index (κ1) is 19.1. The molecule has 0 radical (unpaired) electrons. The largest absolute Gasteiger partial charge is 0.479 e. The normalized spacial score (nSPS) is 11.5. The first-order valence-electron chi connectivity index (χ1n) is 8.36. The monoisotopic (exact) mass is 400 g/mol. The van der Waals surface area contributed by atoms with Gasteiger partial charge in [0.2, 0.25) is 0 Å². The van der Waals surface area contributed by atoms with Crippen LogP contribution in [0.4, 0.5) is 17.1 Å². The van der Waals surface area contributed by atoms with Crippen molar-refractivity contribution in [2.45, 2.75) is 13.0 Å². The van der Waals surface area contributed by atoms with Crippen LogP contribution in [0.25, 0.3) is 0 Å². The van der Waals surface area contributed by atoms with Gasteiger partial charge in [-0.15, -0.1) is 0 Å². The van der Waals surface area contributed by atoms with Crippen molar-refractivity contribution in [3.05, 3.63) is 82.8 Å². The molecule has 0 spiro atoms. The maximum Gasteiger partial charge on any atom is 0.265 e. The van der Waals surface area contributed by atoms with Gasteiger partial charge in [0.25, 0.3) is 5.91 Å². The van der Waals surface area contributed by atoms with Crippen LogP contribution in [0.2, 0.25) is 10.0 Å². The van der Waals surface area contributed by atoms with Crippen molar-refractivity contribution in [2.75, 3.05) is 10.6 Å². The summed E-state index contributed by atoms with van der Waals surface area (Å²) in [6.45, 7) is 1.66. The zero-order chi connectivity index (χ0) is 19.2. The Hall–Kier alpha value is -2.69. The first-order chi connectivity index (χ1) is 13.0. The summed E-state index contributed by atoms with van der Waals surface area (Å²) in [6.07, 6.45) is -0.717. The summed E-state index contributed by atoms with van der Waals surface area (Å²) in [5.41, 5.74) is 2.60. The summed E-state index contributed by atoms with van der Waals surface area (Å²) in [7, 11) is 0. The molecule has 2 N–H and O–H groups in total. The number of benzene rings is 3. The molecule has 0 aliphatic rings. The number of hydrogen-bond donors (Lipinski definition) is 2. The number of carbonyl (C=O) groups is 1. The molecule has 3 rings (SSSR count). The number of hydrogen-bond acceptors (Lipinski definition) is 3. The molecule has 0 saturated heterocycles. The lowest BCUT2D eigenvalue weighted by molar-refractivity contribution is -0.122. The molecule has 4 nitrogen and oxygen atoms in total. The Bertz CT molecular complexity index is 915. The number of anilines is 3. The summed E-state index contributed by atoms with van der Waals surface area (Å²) in [5, 5.41) is 6.98. The lowest BCUT2D eigenvalue weighted by Crippen LogP contribution is -2.30. The van der Waals surface area contributed by atoms with Crippen LogP contribution in [0, 0.1) is 0 Å². The Kier molecular flexibility index (Phi) is 6.22. The zero-order valence-electron chi connectivity index (χ0n) is 14.6. The van der Waals surface area contributed by atoms with Crippen molar-refractivity contribution in [2.24, 2.45) is 0 Å². The van der Waals surface area contributed by atoms with Gasteiger partial charge < -0.3 is 15.4 Å². The van der Waals surface area contributed by atoms with E-state index in [1.54, 1.807) is 25.1 Å². The van der Waals surface area contributed by atoms with E-state index < -0.39 is 6.10 Å². The van der Waals surface area contributed by atoms with Crippen LogP contribution < -0.4 is 15.4 Å². The lowest BCUT2D eigenvalue weighted by atomic mass is 10.2. The average molecular weight is 401 g/mol. The van der Waals surface area contributed by atoms with Gasteiger partial charge in [-0.05, 0) is 61.5 Å². The second-order valence-electron chi connectivity index (χ2n) is 5.89. The minimum atomic E-state index is -0.717. The number of para-hydroxylation sites is 1. The minimum absolute atomic E-state index is 0.273. The molecule has 1 atom stereocenters. The van der Waals surface area contributed by atoms with Crippen LogP contribution in [0.3, 0.4) is 0 Å². The molecule has 138 valence electrons. The van der Waals surface area contributed by atoms with Gasteiger partial charge in [0.15, 0.2) is 6.10 Å². The van der Waals surface area contributed by atoms with Crippen LogP contribution in [-0.4, -0.2) is 12.0 Å². The Labute approximate surface area is 168 Å². The van der Waals surface area contributed by atoms with Crippen LogP contribution in [0.15, 0.2) is 72.8 Å². The van der Waals surface area contributed by atoms with Crippen molar-refractivity contribution in [3.63, 3.8) is 0 Å². The molecular formula is C21H18Cl2N2O2. The van der Waals surface area contributed by atoms with Gasteiger partial charge in [-0.3, -0.25) is 4.79 Å². The fourth-order valence-corrected chi connectivity index (χ4v) is 2.84. The lowest BCUT2D eigenvalue weighted by Gasteiger charge is -2.16. The predicted octanol–water partition coefficient (Wildman–Crippen LogP) is 6.14. The molecule has 0 bridgehead atoms. The Morgan fingerprint density at radius 2 is 1.52 bits per heavy atom. The van der Waals surface area contributed by atoms with Crippen LogP contribution in [0.1, 0.15) is 6.92 Å². The Morgan fingerprint density at radius 3 is 2.19 bits per heavy atom. The van der Waals surface area contributed by atoms with E-state index in [9.17, 15) is 4.79 Å². The van der Waals surface area contributed by atoms with Crippen LogP contribution in [0.5, 0.6) is 5.75 Å². The van der Waals surface area contributed by atoms with Crippen LogP contribution in [-0.2, 0) is 4.79 Å². The van der Waals surface area contributed by atoms with E-state index in [0.29, 0.717) is 21.5 Å². The molecule has 1 amide bonds. The predicted molar refractivity (Wildman–Crippen MR) is 111 cm³/mol. The molecule has 6 heteroatoms. The number of nitrogens with one attached hydrogen (secondary N) is 2. The van der Waals surface area contributed by atoms with Gasteiger partial charge in [-0.1, -0.05) is 41.4 Å². The molecule has 0 fully saturated rings. The second-order valence-corrected chi connectivity index (χ2v) is 6.74. The highest BCUT2D eigenvalue weighted by Crippen LogP contribution is 2.28. The second kappa shape index (κ2) is 8.80. The number of carbonyl (C=O) groups excluding carboxylic acids is 1. The maximum absolute atomic E-state index is 12.4. The fourth-order valence-electron chi connectivity index (χ4n) is 2.38. The van der Waals surface area contributed by atoms with Crippen molar-refractivity contribution < 1.29 is 9.53 Å². The third-order valence-electron chi connectivity index (χ3n) is 3.78. The molecule has 0 aliphatic carbocycles. The first-order valence-corrected chi connectivity index (χ1v) is 9.11. The van der Waals surface area contributed by atoms with E-state index in [1.165, 1.54) is 0 Å². The summed E-state index contributed by atoms with van der Waals surface area (Å²) >= 11 is 11.9. The number of halogens is 2. The molecule has 1 unspecified atom stereocenters. The average Bonchev–Trinajstić information content (AvgIpc) is 2.66. The topological polar surface area (TPSA) is 50.4 Å². The van der Waals surface area contributed by atoms with Gasteiger partial charge in [0, 0.05) is 22.1 Å². The van der Waals surface area contributed by atoms with Gasteiger partial charge in [-0.2, -0.15) is 0 Å². The van der Waals surface area contributed by atoms with Crippen molar-refractivity contribution in [1.82, 2.24) is 0 Å². The van der Waals surface area contributed by atoms with Gasteiger partial charge in [0.1, 0.15) is 5.75 Å². The maximum atomic E-state index is 12.4. The third-order valence-corrected chi connectivity index (χ3v) is 4.31. The van der Waals surface area contributed by atoms with Gasteiger partial charge >= 0.3 is 0 Å². The quantitative estimate of drug-likeness (QED) is 0.521. The highest BCUT2D eigenvalue weighted by atomic mass is 35.5. The summed E-state index contributed by atoms with van der Waals surface area (Å²) in [4.78, 5) is 12.4. The van der Waals surface area contributed by atoms with E-state index in [-0.39, 0.29) is 5.91 Å². The number of rotatable bonds is 6. The molecule has 27 heavy (non-hydrogen) atoms. The van der Waals surface area contributed by atoms with Crippen molar-refractivity contribution in [3.8, 4) is 5.75 Å². The third kappa shape index (κ3) is 5.39. The number of ether oxygens (including phenoxy) is 1. The molecule has 3 aromatic carbocycles. The highest BCUT2D eigenvalue weighted by Gasteiger charge is 2.16. The molecule has 0 heterocycles. The molecule has 0 aromatic heterocycles. The fraction of sp³-hybridized carbons (Fsp3) is 0.0952. The van der Waals surface area contributed by atoms with Crippen LogP contribution >= 0.6 is 23.2 Å². The van der Waals surface area contributed by atoms with E-state index in [1.807, 2.05) is 54.6 Å². The summed E-state index contributed by atoms with van der Waals surface area (Å²) in [5.74, 6) is 0.135. The summed E-state index contributed by atoms with van der Waals surface area (Å²) in [6, 6.07) is 22.2.